The Morgan fingerprint density at radius 3 is 2.04 bits per heavy atom. The van der Waals surface area contributed by atoms with Crippen LogP contribution in [0.2, 0.25) is 5.15 Å². The van der Waals surface area contributed by atoms with E-state index in [1.807, 2.05) is 45.7 Å². The number of carbonyl (C=O) groups excluding carboxylic acids is 2. The van der Waals surface area contributed by atoms with Crippen LogP contribution >= 0.6 is 34.3 Å². The number of amides is 4. The molecule has 57 heavy (non-hydrogen) atoms. The van der Waals surface area contributed by atoms with E-state index in [4.69, 9.17) is 25.8 Å². The van der Waals surface area contributed by atoms with Crippen molar-refractivity contribution in [2.45, 2.75) is 58.4 Å². The molecule has 9 heterocycles. The number of aromatic nitrogens is 4. The first kappa shape index (κ1) is 37.9. The summed E-state index contributed by atoms with van der Waals surface area (Å²) in [6.07, 6.45) is 6.54. The highest BCUT2D eigenvalue weighted by molar-refractivity contribution is 7.19. The lowest BCUT2D eigenvalue weighted by atomic mass is 10.0. The van der Waals surface area contributed by atoms with E-state index >= 15 is 0 Å². The van der Waals surface area contributed by atoms with Crippen molar-refractivity contribution in [3.8, 4) is 5.75 Å². The molecule has 1 N–H and O–H groups in total. The van der Waals surface area contributed by atoms with Crippen LogP contribution in [0, 0.1) is 0 Å². The van der Waals surface area contributed by atoms with Gasteiger partial charge in [0.2, 0.25) is 0 Å². The Balaban J connectivity index is 0.000000160. The number of rotatable bonds is 3. The van der Waals surface area contributed by atoms with Gasteiger partial charge in [0.05, 0.1) is 81.7 Å². The van der Waals surface area contributed by atoms with Gasteiger partial charge in [-0.1, -0.05) is 11.6 Å². The zero-order valence-electron chi connectivity index (χ0n) is 32.0. The summed E-state index contributed by atoms with van der Waals surface area (Å²) in [5.74, 6) is 1.52. The van der Waals surface area contributed by atoms with Gasteiger partial charge in [-0.3, -0.25) is 4.99 Å². The van der Waals surface area contributed by atoms with Crippen molar-refractivity contribution in [3.05, 3.63) is 61.9 Å². The summed E-state index contributed by atoms with van der Waals surface area (Å²) in [5, 5.41) is 5.99. The first-order chi connectivity index (χ1) is 27.8. The average Bonchev–Trinajstić information content (AvgIpc) is 3.95. The summed E-state index contributed by atoms with van der Waals surface area (Å²) in [7, 11) is 1.67. The maximum Gasteiger partial charge on any atom is 0.320 e. The van der Waals surface area contributed by atoms with Crippen molar-refractivity contribution in [3.63, 3.8) is 0 Å². The molecule has 5 aliphatic heterocycles. The van der Waals surface area contributed by atoms with E-state index in [1.54, 1.807) is 36.1 Å². The van der Waals surface area contributed by atoms with Gasteiger partial charge < -0.3 is 39.1 Å². The molecule has 4 amide bonds. The van der Waals surface area contributed by atoms with Crippen molar-refractivity contribution in [2.75, 3.05) is 65.0 Å². The van der Waals surface area contributed by atoms with Crippen molar-refractivity contribution in [2.24, 2.45) is 4.99 Å². The molecule has 18 heteroatoms. The predicted molar refractivity (Wildman–Crippen MR) is 220 cm³/mol. The standard InChI is InChI=1S/C24H26N6O3S.C15H17ClN4O2S/c1-14-12-33-6-5-30(14)24(31)29-4-3-17-20(11-29)34-23-21(17)22(26-13-27-23)28-18-7-15-9-25-10-16(15)8-19(18)32-2;1-9-7-22-5-4-20(9)15(21)19-3-2-10-11(6-19)23-14-12(10)13(16)17-8-18-14/h7-9,13-14H,3-6,10-12H2,1-2H3,(H,26,27,28);8-9H,2-7H2,1H3/t14-;9-/m11/s1. The van der Waals surface area contributed by atoms with E-state index in [0.717, 1.165) is 61.7 Å². The Morgan fingerprint density at radius 2 is 1.42 bits per heavy atom. The van der Waals surface area contributed by atoms with Gasteiger partial charge in [-0.2, -0.15) is 0 Å². The highest BCUT2D eigenvalue weighted by atomic mass is 35.5. The van der Waals surface area contributed by atoms with Crippen LogP contribution in [-0.2, 0) is 41.9 Å². The van der Waals surface area contributed by atoms with Crippen LogP contribution in [0.15, 0.2) is 29.8 Å². The Hall–Kier alpha value is -4.68. The number of carbonyl (C=O) groups is 2. The lowest BCUT2D eigenvalue weighted by Gasteiger charge is -2.38. The molecule has 298 valence electrons. The molecule has 0 spiro atoms. The van der Waals surface area contributed by atoms with Crippen molar-refractivity contribution in [1.29, 1.82) is 0 Å². The number of fused-ring (bicyclic) bond motifs is 7. The van der Waals surface area contributed by atoms with Crippen LogP contribution in [0.1, 0.15) is 45.9 Å². The monoisotopic (exact) mass is 830 g/mol. The number of methoxy groups -OCH3 is 1. The second-order valence-electron chi connectivity index (χ2n) is 14.7. The van der Waals surface area contributed by atoms with E-state index in [0.29, 0.717) is 77.4 Å². The van der Waals surface area contributed by atoms with Crippen LogP contribution in [0.3, 0.4) is 0 Å². The number of halogens is 1. The molecule has 5 aromatic rings. The maximum absolute atomic E-state index is 13.2. The fourth-order valence-corrected chi connectivity index (χ4v) is 10.9. The number of morpholine rings is 2. The molecule has 4 aromatic heterocycles. The molecule has 15 nitrogen and oxygen atoms in total. The Labute approximate surface area is 342 Å². The molecule has 5 aliphatic rings. The molecule has 0 radical (unpaired) electrons. The fourth-order valence-electron chi connectivity index (χ4n) is 8.16. The number of urea groups is 2. The number of ether oxygens (including phenoxy) is 3. The second-order valence-corrected chi connectivity index (χ2v) is 17.3. The summed E-state index contributed by atoms with van der Waals surface area (Å²) >= 11 is 9.48. The van der Waals surface area contributed by atoms with Gasteiger partial charge in [-0.05, 0) is 61.1 Å². The van der Waals surface area contributed by atoms with Crippen LogP contribution in [0.4, 0.5) is 21.1 Å². The SMILES string of the molecule is COc1cc2c(cc1Nc1ncnc3sc4c(c13)CCN(C(=O)N1CCOC[C@H]1C)C4)C=NC2.C[C@@H]1COCCN1C(=O)N1CCc2c(sc3ncnc(Cl)c23)C1. The van der Waals surface area contributed by atoms with Crippen molar-refractivity contribution < 1.29 is 23.8 Å². The molecule has 0 saturated carbocycles. The zero-order chi connectivity index (χ0) is 39.2. The summed E-state index contributed by atoms with van der Waals surface area (Å²) in [4.78, 5) is 59.8. The van der Waals surface area contributed by atoms with E-state index in [1.165, 1.54) is 27.2 Å². The van der Waals surface area contributed by atoms with Gasteiger partial charge in [-0.25, -0.2) is 29.5 Å². The number of anilines is 2. The number of nitrogens with zero attached hydrogens (tertiary/aromatic N) is 9. The van der Waals surface area contributed by atoms with E-state index < -0.39 is 0 Å². The molecule has 2 fully saturated rings. The van der Waals surface area contributed by atoms with Crippen LogP contribution in [-0.4, -0.2) is 130 Å². The van der Waals surface area contributed by atoms with E-state index in [2.05, 4.69) is 36.3 Å². The minimum Gasteiger partial charge on any atom is -0.495 e. The number of aliphatic imine (C=N–C) groups is 1. The number of nitrogens with one attached hydrogen (secondary N) is 1. The molecule has 0 bridgehead atoms. The molecule has 0 unspecified atom stereocenters. The minimum absolute atomic E-state index is 0.0906. The average molecular weight is 831 g/mol. The van der Waals surface area contributed by atoms with Crippen molar-refractivity contribution >= 4 is 84.5 Å². The van der Waals surface area contributed by atoms with Gasteiger partial charge in [0.1, 0.15) is 39.0 Å². The van der Waals surface area contributed by atoms with Gasteiger partial charge in [0.25, 0.3) is 0 Å². The number of hydrogen-bond donors (Lipinski definition) is 1. The molecule has 10 rings (SSSR count). The summed E-state index contributed by atoms with van der Waals surface area (Å²) < 4.78 is 16.6. The van der Waals surface area contributed by atoms with E-state index in [-0.39, 0.29) is 24.1 Å². The summed E-state index contributed by atoms with van der Waals surface area (Å²) in [6, 6.07) is 4.50. The molecular formula is C39H43ClN10O5S2. The topological polar surface area (TPSA) is 151 Å². The van der Waals surface area contributed by atoms with Crippen LogP contribution in [0.5, 0.6) is 5.75 Å². The first-order valence-corrected chi connectivity index (χ1v) is 21.2. The van der Waals surface area contributed by atoms with Gasteiger partial charge in [-0.15, -0.1) is 22.7 Å². The number of hydrogen-bond acceptors (Lipinski definition) is 13. The van der Waals surface area contributed by atoms with Crippen molar-refractivity contribution in [1.82, 2.24) is 39.5 Å². The largest absolute Gasteiger partial charge is 0.495 e. The van der Waals surface area contributed by atoms with Crippen LogP contribution < -0.4 is 10.1 Å². The minimum atomic E-state index is 0.0906. The molecule has 2 saturated heterocycles. The zero-order valence-corrected chi connectivity index (χ0v) is 34.4. The molecule has 2 atom stereocenters. The Morgan fingerprint density at radius 1 is 0.825 bits per heavy atom. The third-order valence-corrected chi connectivity index (χ3v) is 13.7. The summed E-state index contributed by atoms with van der Waals surface area (Å²) in [6.45, 7) is 11.1. The molecule has 1 aromatic carbocycles. The molecule has 0 aliphatic carbocycles. The third kappa shape index (κ3) is 7.24. The smallest absolute Gasteiger partial charge is 0.320 e. The van der Waals surface area contributed by atoms with E-state index in [9.17, 15) is 9.59 Å². The first-order valence-electron chi connectivity index (χ1n) is 19.2. The van der Waals surface area contributed by atoms with Crippen LogP contribution in [0.25, 0.3) is 20.4 Å². The van der Waals surface area contributed by atoms with Gasteiger partial charge >= 0.3 is 12.1 Å². The Bertz CT molecular complexity index is 2390. The predicted octanol–water partition coefficient (Wildman–Crippen LogP) is 6.12. The van der Waals surface area contributed by atoms with Gasteiger partial charge in [0.15, 0.2) is 0 Å². The highest BCUT2D eigenvalue weighted by Gasteiger charge is 2.34. The Kier molecular flexibility index (Phi) is 10.6. The third-order valence-electron chi connectivity index (χ3n) is 11.2. The quantitative estimate of drug-likeness (QED) is 0.211. The normalized spacial score (nSPS) is 20.2. The summed E-state index contributed by atoms with van der Waals surface area (Å²) in [5.41, 5.74) is 5.52. The van der Waals surface area contributed by atoms with Gasteiger partial charge in [0, 0.05) is 42.1 Å². The number of benzene rings is 1. The second kappa shape index (κ2) is 15.9. The highest BCUT2D eigenvalue weighted by Crippen LogP contribution is 2.41. The maximum atomic E-state index is 13.2. The number of thiophene rings is 2. The molecular weight excluding hydrogens is 788 g/mol. The fraction of sp³-hybridized carbons (Fsp3) is 0.462. The lowest BCUT2D eigenvalue weighted by Crippen LogP contribution is -2.53. The lowest BCUT2D eigenvalue weighted by molar-refractivity contribution is 0.00944.